The number of rotatable bonds is 1. The minimum Gasteiger partial charge on any atom is -0.337 e. The number of aromatic nitrogens is 2. The average Bonchev–Trinajstić information content (AvgIpc) is 2.52. The Morgan fingerprint density at radius 3 is 2.92 bits per heavy atom. The minimum absolute atomic E-state index is 0.747. The first-order chi connectivity index (χ1) is 6.29. The fraction of sp³-hybridized carbons (Fsp3) is 0.111. The number of thiophene rings is 1. The summed E-state index contributed by atoms with van der Waals surface area (Å²) in [7, 11) is 0. The second-order valence-corrected chi connectivity index (χ2v) is 4.21. The minimum atomic E-state index is 0.747. The van der Waals surface area contributed by atoms with Gasteiger partial charge in [-0.25, -0.2) is 4.98 Å². The highest BCUT2D eigenvalue weighted by atomic mass is 32.1. The molecule has 1 N–H and O–H groups in total. The topological polar surface area (TPSA) is 28.7 Å². The van der Waals surface area contributed by atoms with Crippen LogP contribution in [0.2, 0.25) is 0 Å². The zero-order chi connectivity index (χ0) is 9.26. The lowest BCUT2D eigenvalue weighted by Crippen LogP contribution is -1.83. The SMILES string of the molecule is Cc1sccc1-c1cnc[nH]c1=S. The van der Waals surface area contributed by atoms with Crippen LogP contribution >= 0.6 is 23.6 Å². The number of hydrogen-bond acceptors (Lipinski definition) is 3. The molecular formula is C9H8N2S2. The van der Waals surface area contributed by atoms with Crippen LogP contribution in [-0.4, -0.2) is 9.97 Å². The number of aromatic amines is 1. The lowest BCUT2D eigenvalue weighted by atomic mass is 10.1. The Morgan fingerprint density at radius 1 is 1.46 bits per heavy atom. The van der Waals surface area contributed by atoms with Gasteiger partial charge in [0.2, 0.25) is 0 Å². The first-order valence-corrected chi connectivity index (χ1v) is 5.15. The summed E-state index contributed by atoms with van der Waals surface area (Å²) in [4.78, 5) is 8.22. The Balaban J connectivity index is 2.66. The highest BCUT2D eigenvalue weighted by Crippen LogP contribution is 2.26. The summed E-state index contributed by atoms with van der Waals surface area (Å²) >= 11 is 6.89. The molecule has 0 fully saturated rings. The van der Waals surface area contributed by atoms with E-state index in [4.69, 9.17) is 12.2 Å². The van der Waals surface area contributed by atoms with Gasteiger partial charge in [-0.3, -0.25) is 0 Å². The molecule has 0 aromatic carbocycles. The lowest BCUT2D eigenvalue weighted by molar-refractivity contribution is 1.15. The van der Waals surface area contributed by atoms with Gasteiger partial charge in [0, 0.05) is 16.6 Å². The molecule has 0 aliphatic heterocycles. The van der Waals surface area contributed by atoms with Crippen molar-refractivity contribution < 1.29 is 0 Å². The Morgan fingerprint density at radius 2 is 2.31 bits per heavy atom. The second-order valence-electron chi connectivity index (χ2n) is 2.68. The fourth-order valence-electron chi connectivity index (χ4n) is 1.20. The van der Waals surface area contributed by atoms with Gasteiger partial charge in [-0.2, -0.15) is 0 Å². The van der Waals surface area contributed by atoms with Crippen molar-refractivity contribution in [3.8, 4) is 11.1 Å². The molecule has 0 aliphatic carbocycles. The molecule has 0 amide bonds. The van der Waals surface area contributed by atoms with E-state index < -0.39 is 0 Å². The van der Waals surface area contributed by atoms with Gasteiger partial charge in [0.25, 0.3) is 0 Å². The van der Waals surface area contributed by atoms with Gasteiger partial charge >= 0.3 is 0 Å². The van der Waals surface area contributed by atoms with Crippen LogP contribution in [0.3, 0.4) is 0 Å². The van der Waals surface area contributed by atoms with Crippen molar-refractivity contribution in [1.82, 2.24) is 9.97 Å². The van der Waals surface area contributed by atoms with E-state index >= 15 is 0 Å². The Kier molecular flexibility index (Phi) is 2.24. The number of hydrogen-bond donors (Lipinski definition) is 1. The summed E-state index contributed by atoms with van der Waals surface area (Å²) in [5.74, 6) is 0. The smallest absolute Gasteiger partial charge is 0.113 e. The fourth-order valence-corrected chi connectivity index (χ4v) is 2.13. The predicted molar refractivity (Wildman–Crippen MR) is 57.5 cm³/mol. The molecule has 0 bridgehead atoms. The highest BCUT2D eigenvalue weighted by Gasteiger charge is 2.04. The summed E-state index contributed by atoms with van der Waals surface area (Å²) in [5.41, 5.74) is 2.19. The summed E-state index contributed by atoms with van der Waals surface area (Å²) in [6.45, 7) is 2.09. The quantitative estimate of drug-likeness (QED) is 0.729. The van der Waals surface area contributed by atoms with Crippen molar-refractivity contribution >= 4 is 23.6 Å². The third kappa shape index (κ3) is 1.55. The van der Waals surface area contributed by atoms with Crippen molar-refractivity contribution in [2.45, 2.75) is 6.92 Å². The number of aryl methyl sites for hydroxylation is 1. The Hall–Kier alpha value is -1.00. The average molecular weight is 208 g/mol. The van der Waals surface area contributed by atoms with Crippen LogP contribution in [0.25, 0.3) is 11.1 Å². The normalized spacial score (nSPS) is 10.2. The van der Waals surface area contributed by atoms with Crippen LogP contribution in [0, 0.1) is 11.6 Å². The molecule has 0 saturated carbocycles. The van der Waals surface area contributed by atoms with Crippen molar-refractivity contribution in [2.75, 3.05) is 0 Å². The summed E-state index contributed by atoms with van der Waals surface area (Å²) in [6.07, 6.45) is 3.40. The zero-order valence-electron chi connectivity index (χ0n) is 7.07. The third-order valence-electron chi connectivity index (χ3n) is 1.87. The van der Waals surface area contributed by atoms with Crippen molar-refractivity contribution in [3.05, 3.63) is 33.5 Å². The second kappa shape index (κ2) is 3.40. The van der Waals surface area contributed by atoms with Crippen LogP contribution < -0.4 is 0 Å². The zero-order valence-corrected chi connectivity index (χ0v) is 8.71. The van der Waals surface area contributed by atoms with E-state index in [-0.39, 0.29) is 0 Å². The van der Waals surface area contributed by atoms with E-state index in [1.165, 1.54) is 10.4 Å². The molecule has 0 aliphatic rings. The maximum atomic E-state index is 5.17. The van der Waals surface area contributed by atoms with Crippen molar-refractivity contribution in [3.63, 3.8) is 0 Å². The van der Waals surface area contributed by atoms with Crippen LogP contribution in [0.4, 0.5) is 0 Å². The van der Waals surface area contributed by atoms with E-state index in [9.17, 15) is 0 Å². The van der Waals surface area contributed by atoms with Crippen LogP contribution in [-0.2, 0) is 0 Å². The van der Waals surface area contributed by atoms with E-state index in [2.05, 4.69) is 28.3 Å². The molecule has 13 heavy (non-hydrogen) atoms. The predicted octanol–water partition coefficient (Wildman–Crippen LogP) is 3.18. The standard InChI is InChI=1S/C9H8N2S2/c1-6-7(2-3-13-6)8-4-10-5-11-9(8)12/h2-5H,1H3,(H,10,11,12). The van der Waals surface area contributed by atoms with E-state index in [1.807, 2.05) is 0 Å². The molecule has 2 aromatic heterocycles. The molecule has 0 radical (unpaired) electrons. The molecule has 2 heterocycles. The first kappa shape index (κ1) is 8.59. The maximum Gasteiger partial charge on any atom is 0.113 e. The van der Waals surface area contributed by atoms with Gasteiger partial charge in [-0.1, -0.05) is 12.2 Å². The van der Waals surface area contributed by atoms with Crippen LogP contribution in [0.1, 0.15) is 4.88 Å². The number of nitrogens with zero attached hydrogens (tertiary/aromatic N) is 1. The van der Waals surface area contributed by atoms with Gasteiger partial charge in [0.05, 0.1) is 6.33 Å². The van der Waals surface area contributed by atoms with Gasteiger partial charge in [0.15, 0.2) is 0 Å². The molecule has 0 spiro atoms. The van der Waals surface area contributed by atoms with E-state index in [1.54, 1.807) is 23.9 Å². The third-order valence-corrected chi connectivity index (χ3v) is 3.05. The molecule has 2 rings (SSSR count). The van der Waals surface area contributed by atoms with E-state index in [0.29, 0.717) is 0 Å². The number of nitrogens with one attached hydrogen (secondary N) is 1. The van der Waals surface area contributed by atoms with Gasteiger partial charge in [0.1, 0.15) is 4.64 Å². The molecule has 66 valence electrons. The van der Waals surface area contributed by atoms with Gasteiger partial charge in [-0.05, 0) is 23.9 Å². The first-order valence-electron chi connectivity index (χ1n) is 3.86. The molecule has 2 aromatic rings. The van der Waals surface area contributed by atoms with Crippen LogP contribution in [0.5, 0.6) is 0 Å². The summed E-state index contributed by atoms with van der Waals surface area (Å²) in [5, 5.41) is 2.06. The molecular weight excluding hydrogens is 200 g/mol. The molecule has 4 heteroatoms. The molecule has 0 unspecified atom stereocenters. The van der Waals surface area contributed by atoms with Gasteiger partial charge < -0.3 is 4.98 Å². The monoisotopic (exact) mass is 208 g/mol. The van der Waals surface area contributed by atoms with Gasteiger partial charge in [-0.15, -0.1) is 11.3 Å². The number of H-pyrrole nitrogens is 1. The maximum absolute atomic E-state index is 5.17. The Bertz CT molecular complexity index is 470. The summed E-state index contributed by atoms with van der Waals surface area (Å²) in [6, 6.07) is 2.07. The van der Waals surface area contributed by atoms with Crippen molar-refractivity contribution in [2.24, 2.45) is 0 Å². The van der Waals surface area contributed by atoms with Crippen molar-refractivity contribution in [1.29, 1.82) is 0 Å². The Labute approximate surface area is 85.3 Å². The van der Waals surface area contributed by atoms with E-state index in [0.717, 1.165) is 10.2 Å². The van der Waals surface area contributed by atoms with Crippen LogP contribution in [0.15, 0.2) is 24.0 Å². The lowest BCUT2D eigenvalue weighted by Gasteiger charge is -1.98. The summed E-state index contributed by atoms with van der Waals surface area (Å²) < 4.78 is 0.747. The molecule has 0 atom stereocenters. The highest BCUT2D eigenvalue weighted by molar-refractivity contribution is 7.71. The molecule has 2 nitrogen and oxygen atoms in total. The molecule has 0 saturated heterocycles. The largest absolute Gasteiger partial charge is 0.337 e.